The summed E-state index contributed by atoms with van der Waals surface area (Å²) in [5.41, 5.74) is 0.581. The molecule has 7 heteroatoms. The van der Waals surface area contributed by atoms with Crippen LogP contribution in [0.5, 0.6) is 0 Å². The molecule has 0 bridgehead atoms. The third-order valence-electron chi connectivity index (χ3n) is 2.31. The van der Waals surface area contributed by atoms with Gasteiger partial charge >= 0.3 is 5.97 Å². The summed E-state index contributed by atoms with van der Waals surface area (Å²) in [6, 6.07) is 5.67. The molecule has 19 heavy (non-hydrogen) atoms. The average Bonchev–Trinajstić information content (AvgIpc) is 2.89. The fraction of sp³-hybridized carbons (Fsp3) is 0.167. The predicted octanol–water partition coefficient (Wildman–Crippen LogP) is 2.43. The highest BCUT2D eigenvalue weighted by Crippen LogP contribution is 2.21. The zero-order valence-electron chi connectivity index (χ0n) is 10.0. The highest BCUT2D eigenvalue weighted by Gasteiger charge is 2.15. The zero-order chi connectivity index (χ0) is 13.8. The molecule has 0 unspecified atom stereocenters. The van der Waals surface area contributed by atoms with Crippen molar-refractivity contribution in [2.75, 3.05) is 6.61 Å². The molecule has 7 nitrogen and oxygen atoms in total. The van der Waals surface area contributed by atoms with Crippen molar-refractivity contribution in [1.29, 1.82) is 0 Å². The van der Waals surface area contributed by atoms with Gasteiger partial charge in [-0.1, -0.05) is 0 Å². The highest BCUT2D eigenvalue weighted by molar-refractivity contribution is 5.87. The minimum absolute atomic E-state index is 0.0269. The fourth-order valence-corrected chi connectivity index (χ4v) is 1.43. The normalized spacial score (nSPS) is 10.2. The molecule has 0 aliphatic heterocycles. The molecular formula is C12H10N2O5. The van der Waals surface area contributed by atoms with E-state index >= 15 is 0 Å². The minimum Gasteiger partial charge on any atom is -0.461 e. The summed E-state index contributed by atoms with van der Waals surface area (Å²) in [6.07, 6.45) is 1.19. The Balaban J connectivity index is 2.23. The summed E-state index contributed by atoms with van der Waals surface area (Å²) in [6.45, 7) is 1.94. The lowest BCUT2D eigenvalue weighted by atomic mass is 10.2. The third-order valence-corrected chi connectivity index (χ3v) is 2.31. The number of nitro groups is 1. The SMILES string of the molecule is CCOC(=O)c1coc(-c2ccc([N+](=O)[O-])cc2)n1. The van der Waals surface area contributed by atoms with Gasteiger partial charge in [-0.25, -0.2) is 9.78 Å². The maximum atomic E-state index is 11.4. The molecule has 0 saturated carbocycles. The highest BCUT2D eigenvalue weighted by atomic mass is 16.6. The van der Waals surface area contributed by atoms with Gasteiger partial charge < -0.3 is 9.15 Å². The molecule has 2 aromatic rings. The molecule has 1 aromatic heterocycles. The van der Waals surface area contributed by atoms with Crippen LogP contribution >= 0.6 is 0 Å². The van der Waals surface area contributed by atoms with Gasteiger partial charge in [0.2, 0.25) is 5.89 Å². The average molecular weight is 262 g/mol. The van der Waals surface area contributed by atoms with Crippen molar-refractivity contribution in [1.82, 2.24) is 4.98 Å². The molecule has 98 valence electrons. The van der Waals surface area contributed by atoms with E-state index in [0.717, 1.165) is 0 Å². The van der Waals surface area contributed by atoms with Gasteiger partial charge in [-0.3, -0.25) is 10.1 Å². The quantitative estimate of drug-likeness (QED) is 0.477. The summed E-state index contributed by atoms with van der Waals surface area (Å²) in [5, 5.41) is 10.5. The summed E-state index contributed by atoms with van der Waals surface area (Å²) in [4.78, 5) is 25.4. The first-order chi connectivity index (χ1) is 9.11. The number of carbonyl (C=O) groups is 1. The fourth-order valence-electron chi connectivity index (χ4n) is 1.43. The number of nitrogens with zero attached hydrogens (tertiary/aromatic N) is 2. The van der Waals surface area contributed by atoms with Crippen LogP contribution in [0.25, 0.3) is 11.5 Å². The van der Waals surface area contributed by atoms with Gasteiger partial charge in [0.1, 0.15) is 6.26 Å². The molecule has 0 radical (unpaired) electrons. The summed E-state index contributed by atoms with van der Waals surface area (Å²) in [7, 11) is 0. The maximum Gasteiger partial charge on any atom is 0.360 e. The van der Waals surface area contributed by atoms with Crippen molar-refractivity contribution < 1.29 is 18.9 Å². The second kappa shape index (κ2) is 5.30. The summed E-state index contributed by atoms with van der Waals surface area (Å²) < 4.78 is 9.91. The van der Waals surface area contributed by atoms with E-state index in [1.54, 1.807) is 6.92 Å². The van der Waals surface area contributed by atoms with Gasteiger partial charge in [-0.05, 0) is 19.1 Å². The van der Waals surface area contributed by atoms with E-state index in [1.807, 2.05) is 0 Å². The molecule has 0 fully saturated rings. The largest absolute Gasteiger partial charge is 0.461 e. The molecular weight excluding hydrogens is 252 g/mol. The Morgan fingerprint density at radius 2 is 2.11 bits per heavy atom. The van der Waals surface area contributed by atoms with Crippen LogP contribution in [0.15, 0.2) is 34.9 Å². The second-order valence-corrected chi connectivity index (χ2v) is 3.56. The Labute approximate surface area is 108 Å². The number of benzene rings is 1. The standard InChI is InChI=1S/C12H10N2O5/c1-2-18-12(15)10-7-19-11(13-10)8-3-5-9(6-4-8)14(16)17/h3-7H,2H2,1H3. The molecule has 0 aliphatic rings. The lowest BCUT2D eigenvalue weighted by molar-refractivity contribution is -0.384. The van der Waals surface area contributed by atoms with Gasteiger partial charge in [0, 0.05) is 17.7 Å². The van der Waals surface area contributed by atoms with Crippen LogP contribution in [0, 0.1) is 10.1 Å². The molecule has 1 aromatic carbocycles. The van der Waals surface area contributed by atoms with Crippen LogP contribution in [0.3, 0.4) is 0 Å². The number of nitro benzene ring substituents is 1. The number of hydrogen-bond acceptors (Lipinski definition) is 6. The minimum atomic E-state index is -0.570. The summed E-state index contributed by atoms with van der Waals surface area (Å²) in [5.74, 6) is -0.364. The van der Waals surface area contributed by atoms with Crippen LogP contribution in [-0.2, 0) is 4.74 Å². The number of rotatable bonds is 4. The van der Waals surface area contributed by atoms with E-state index in [2.05, 4.69) is 4.98 Å². The van der Waals surface area contributed by atoms with Crippen LogP contribution in [0.1, 0.15) is 17.4 Å². The van der Waals surface area contributed by atoms with Crippen molar-refractivity contribution in [3.63, 3.8) is 0 Å². The van der Waals surface area contributed by atoms with Gasteiger partial charge in [0.25, 0.3) is 5.69 Å². The Morgan fingerprint density at radius 1 is 1.42 bits per heavy atom. The Morgan fingerprint density at radius 3 is 2.68 bits per heavy atom. The van der Waals surface area contributed by atoms with Crippen LogP contribution in [0.2, 0.25) is 0 Å². The van der Waals surface area contributed by atoms with Gasteiger partial charge in [0.05, 0.1) is 11.5 Å². The number of oxazole rings is 1. The molecule has 0 spiro atoms. The maximum absolute atomic E-state index is 11.4. The van der Waals surface area contributed by atoms with E-state index in [4.69, 9.17) is 9.15 Å². The van der Waals surface area contributed by atoms with E-state index in [9.17, 15) is 14.9 Å². The van der Waals surface area contributed by atoms with Gasteiger partial charge in [-0.15, -0.1) is 0 Å². The Bertz CT molecular complexity index is 603. The molecule has 2 rings (SSSR count). The van der Waals surface area contributed by atoms with Crippen molar-refractivity contribution in [3.8, 4) is 11.5 Å². The topological polar surface area (TPSA) is 95.5 Å². The lowest BCUT2D eigenvalue weighted by Crippen LogP contribution is -2.04. The van der Waals surface area contributed by atoms with E-state index in [1.165, 1.54) is 30.5 Å². The molecule has 1 heterocycles. The number of ether oxygens (including phenoxy) is 1. The second-order valence-electron chi connectivity index (χ2n) is 3.56. The van der Waals surface area contributed by atoms with Crippen molar-refractivity contribution in [3.05, 3.63) is 46.3 Å². The molecule has 0 saturated heterocycles. The first-order valence-electron chi connectivity index (χ1n) is 5.49. The number of hydrogen-bond donors (Lipinski definition) is 0. The molecule has 0 amide bonds. The molecule has 0 aliphatic carbocycles. The number of non-ortho nitro benzene ring substituents is 1. The smallest absolute Gasteiger partial charge is 0.360 e. The van der Waals surface area contributed by atoms with Crippen molar-refractivity contribution >= 4 is 11.7 Å². The number of aromatic nitrogens is 1. The molecule has 0 atom stereocenters. The van der Waals surface area contributed by atoms with Crippen molar-refractivity contribution in [2.45, 2.75) is 6.92 Å². The number of esters is 1. The Kier molecular flexibility index (Phi) is 3.56. The van der Waals surface area contributed by atoms with Crippen LogP contribution < -0.4 is 0 Å². The molecule has 0 N–H and O–H groups in total. The van der Waals surface area contributed by atoms with Crippen LogP contribution in [0.4, 0.5) is 5.69 Å². The number of carbonyl (C=O) groups excluding carboxylic acids is 1. The van der Waals surface area contributed by atoms with Gasteiger partial charge in [0.15, 0.2) is 5.69 Å². The van der Waals surface area contributed by atoms with E-state index in [-0.39, 0.29) is 23.9 Å². The monoisotopic (exact) mass is 262 g/mol. The zero-order valence-corrected chi connectivity index (χ0v) is 10.0. The van der Waals surface area contributed by atoms with Crippen LogP contribution in [-0.4, -0.2) is 22.5 Å². The van der Waals surface area contributed by atoms with E-state index < -0.39 is 10.9 Å². The first kappa shape index (κ1) is 12.7. The van der Waals surface area contributed by atoms with Crippen molar-refractivity contribution in [2.24, 2.45) is 0 Å². The summed E-state index contributed by atoms with van der Waals surface area (Å²) >= 11 is 0. The van der Waals surface area contributed by atoms with Gasteiger partial charge in [-0.2, -0.15) is 0 Å². The first-order valence-corrected chi connectivity index (χ1v) is 5.49. The Hall–Kier alpha value is -2.70. The predicted molar refractivity (Wildman–Crippen MR) is 64.5 cm³/mol. The lowest BCUT2D eigenvalue weighted by Gasteiger charge is -1.96. The third kappa shape index (κ3) is 2.76. The van der Waals surface area contributed by atoms with E-state index in [0.29, 0.717) is 5.56 Å².